The molecule has 5 nitrogen and oxygen atoms in total. The van der Waals surface area contributed by atoms with Gasteiger partial charge in [-0.1, -0.05) is 6.07 Å². The van der Waals surface area contributed by atoms with Gasteiger partial charge >= 0.3 is 0 Å². The van der Waals surface area contributed by atoms with Gasteiger partial charge in [0.1, 0.15) is 0 Å². The topological polar surface area (TPSA) is 63.7 Å². The van der Waals surface area contributed by atoms with Gasteiger partial charge in [-0.05, 0) is 11.4 Å². The van der Waals surface area contributed by atoms with Crippen molar-refractivity contribution in [1.82, 2.24) is 4.90 Å². The monoisotopic (exact) mass is 289 g/mol. The molecule has 0 N–H and O–H groups in total. The minimum Gasteiger partial charge on any atom is -0.337 e. The van der Waals surface area contributed by atoms with Crippen LogP contribution in [0, 0.1) is 5.92 Å². The molecule has 2 rings (SSSR count). The van der Waals surface area contributed by atoms with E-state index in [0.717, 1.165) is 11.1 Å². The highest BCUT2D eigenvalue weighted by Crippen LogP contribution is 2.22. The lowest BCUT2D eigenvalue weighted by atomic mass is 10.1. The lowest BCUT2D eigenvalue weighted by molar-refractivity contribution is -0.128. The molecule has 1 aliphatic rings. The van der Waals surface area contributed by atoms with Crippen LogP contribution in [0.2, 0.25) is 0 Å². The third-order valence-corrected chi connectivity index (χ3v) is 4.16. The molecule has 1 aromatic rings. The first-order valence-electron chi connectivity index (χ1n) is 5.58. The molecule has 1 atom stereocenters. The van der Waals surface area contributed by atoms with Gasteiger partial charge in [0.15, 0.2) is 0 Å². The first-order valence-corrected chi connectivity index (χ1v) is 8.28. The lowest BCUT2D eigenvalue weighted by Gasteiger charge is -2.15. The van der Waals surface area contributed by atoms with Crippen LogP contribution in [0.1, 0.15) is 11.3 Å². The van der Waals surface area contributed by atoms with E-state index in [2.05, 4.69) is 0 Å². The van der Waals surface area contributed by atoms with Crippen molar-refractivity contribution in [1.29, 1.82) is 0 Å². The predicted octanol–water partition coefficient (Wildman–Crippen LogP) is 1.07. The fraction of sp³-hybridized carbons (Fsp3) is 0.545. The van der Waals surface area contributed by atoms with Crippen LogP contribution in [0.4, 0.5) is 0 Å². The van der Waals surface area contributed by atoms with Crippen LogP contribution in [-0.4, -0.2) is 38.6 Å². The average Bonchev–Trinajstić information content (AvgIpc) is 2.86. The number of carbonyl (C=O) groups excluding carboxylic acids is 1. The molecular formula is C11H15NO4S2. The van der Waals surface area contributed by atoms with Gasteiger partial charge in [-0.2, -0.15) is 8.42 Å². The largest absolute Gasteiger partial charge is 0.337 e. The Hall–Kier alpha value is -0.920. The van der Waals surface area contributed by atoms with E-state index in [-0.39, 0.29) is 18.4 Å². The van der Waals surface area contributed by atoms with Crippen molar-refractivity contribution < 1.29 is 17.4 Å². The van der Waals surface area contributed by atoms with Crippen molar-refractivity contribution in [3.63, 3.8) is 0 Å². The fourth-order valence-electron chi connectivity index (χ4n) is 1.93. The molecular weight excluding hydrogens is 274 g/mol. The highest BCUT2D eigenvalue weighted by Gasteiger charge is 2.30. The molecule has 1 aromatic heterocycles. The number of rotatable bonds is 5. The number of thiophene rings is 1. The van der Waals surface area contributed by atoms with E-state index >= 15 is 0 Å². The van der Waals surface area contributed by atoms with Crippen molar-refractivity contribution in [2.45, 2.75) is 13.0 Å². The molecule has 1 unspecified atom stereocenters. The lowest BCUT2D eigenvalue weighted by Crippen LogP contribution is -2.24. The Morgan fingerprint density at radius 1 is 1.56 bits per heavy atom. The van der Waals surface area contributed by atoms with Crippen molar-refractivity contribution in [2.24, 2.45) is 5.92 Å². The summed E-state index contributed by atoms with van der Waals surface area (Å²) in [5.74, 6) is 0.0256. The zero-order valence-electron chi connectivity index (χ0n) is 10.0. The number of carbonyl (C=O) groups is 1. The number of hydrogen-bond donors (Lipinski definition) is 0. The molecule has 0 bridgehead atoms. The van der Waals surface area contributed by atoms with Crippen molar-refractivity contribution in [3.8, 4) is 0 Å². The van der Waals surface area contributed by atoms with E-state index in [0.29, 0.717) is 19.5 Å². The molecule has 1 fully saturated rings. The first-order chi connectivity index (χ1) is 8.44. The van der Waals surface area contributed by atoms with Gasteiger partial charge in [0.05, 0.1) is 19.4 Å². The Morgan fingerprint density at radius 2 is 2.33 bits per heavy atom. The molecule has 100 valence electrons. The van der Waals surface area contributed by atoms with E-state index < -0.39 is 10.1 Å². The number of nitrogens with zero attached hydrogens (tertiary/aromatic N) is 1. The maximum Gasteiger partial charge on any atom is 0.264 e. The van der Waals surface area contributed by atoms with Gasteiger partial charge in [-0.25, -0.2) is 0 Å². The first kappa shape index (κ1) is 13.5. The number of likely N-dealkylation sites (tertiary alicyclic amines) is 1. The fourth-order valence-corrected chi connectivity index (χ4v) is 3.09. The summed E-state index contributed by atoms with van der Waals surface area (Å²) in [6.45, 7) is 1.25. The Kier molecular flexibility index (Phi) is 4.04. The van der Waals surface area contributed by atoms with E-state index in [1.165, 1.54) is 0 Å². The quantitative estimate of drug-likeness (QED) is 0.761. The standard InChI is InChI=1S/C11H15NO4S2/c1-18(14,15)16-8-9-5-11(13)12(6-9)7-10-3-2-4-17-10/h2-4,9H,5-8H2,1H3. The summed E-state index contributed by atoms with van der Waals surface area (Å²) >= 11 is 1.61. The second-order valence-corrected chi connectivity index (χ2v) is 7.09. The molecule has 0 aliphatic carbocycles. The zero-order chi connectivity index (χ0) is 13.2. The van der Waals surface area contributed by atoms with Gasteiger partial charge in [-0.15, -0.1) is 11.3 Å². The maximum atomic E-state index is 11.8. The van der Waals surface area contributed by atoms with Gasteiger partial charge in [0.25, 0.3) is 10.1 Å². The van der Waals surface area contributed by atoms with Crippen LogP contribution in [0.15, 0.2) is 17.5 Å². The van der Waals surface area contributed by atoms with Crippen molar-refractivity contribution in [3.05, 3.63) is 22.4 Å². The molecule has 1 saturated heterocycles. The number of hydrogen-bond acceptors (Lipinski definition) is 5. The van der Waals surface area contributed by atoms with E-state index in [9.17, 15) is 13.2 Å². The molecule has 7 heteroatoms. The third kappa shape index (κ3) is 3.79. The zero-order valence-corrected chi connectivity index (χ0v) is 11.7. The summed E-state index contributed by atoms with van der Waals surface area (Å²) in [5, 5.41) is 1.97. The molecule has 2 heterocycles. The second kappa shape index (κ2) is 5.38. The third-order valence-electron chi connectivity index (χ3n) is 2.74. The Morgan fingerprint density at radius 3 is 2.94 bits per heavy atom. The van der Waals surface area contributed by atoms with Crippen molar-refractivity contribution >= 4 is 27.4 Å². The summed E-state index contributed by atoms with van der Waals surface area (Å²) in [6.07, 6.45) is 1.38. The minimum atomic E-state index is -3.42. The van der Waals surface area contributed by atoms with E-state index in [1.807, 2.05) is 17.5 Å². The Balaban J connectivity index is 1.87. The van der Waals surface area contributed by atoms with Crippen LogP contribution in [-0.2, 0) is 25.6 Å². The Labute approximate surface area is 110 Å². The maximum absolute atomic E-state index is 11.8. The second-order valence-electron chi connectivity index (χ2n) is 4.41. The summed E-state index contributed by atoms with van der Waals surface area (Å²) in [6, 6.07) is 3.93. The molecule has 0 saturated carbocycles. The van der Waals surface area contributed by atoms with Gasteiger partial charge < -0.3 is 4.90 Å². The normalized spacial score (nSPS) is 20.6. The minimum absolute atomic E-state index is 0.0350. The highest BCUT2D eigenvalue weighted by atomic mass is 32.2. The smallest absolute Gasteiger partial charge is 0.264 e. The van der Waals surface area contributed by atoms with Crippen molar-refractivity contribution in [2.75, 3.05) is 19.4 Å². The molecule has 0 aromatic carbocycles. The molecule has 0 radical (unpaired) electrons. The van der Waals surface area contributed by atoms with E-state index in [4.69, 9.17) is 4.18 Å². The van der Waals surface area contributed by atoms with Crippen LogP contribution in [0.3, 0.4) is 0 Å². The summed E-state index contributed by atoms with van der Waals surface area (Å²) in [5.41, 5.74) is 0. The summed E-state index contributed by atoms with van der Waals surface area (Å²) in [4.78, 5) is 14.6. The predicted molar refractivity (Wildman–Crippen MR) is 68.6 cm³/mol. The highest BCUT2D eigenvalue weighted by molar-refractivity contribution is 7.85. The SMILES string of the molecule is CS(=O)(=O)OCC1CC(=O)N(Cc2cccs2)C1. The molecule has 18 heavy (non-hydrogen) atoms. The van der Waals surface area contributed by atoms with Crippen LogP contribution in [0.25, 0.3) is 0 Å². The van der Waals surface area contributed by atoms with Crippen LogP contribution in [0.5, 0.6) is 0 Å². The average molecular weight is 289 g/mol. The van der Waals surface area contributed by atoms with Gasteiger partial charge in [-0.3, -0.25) is 8.98 Å². The van der Waals surface area contributed by atoms with Crippen LogP contribution < -0.4 is 0 Å². The van der Waals surface area contributed by atoms with Crippen LogP contribution >= 0.6 is 11.3 Å². The van der Waals surface area contributed by atoms with E-state index in [1.54, 1.807) is 16.2 Å². The van der Waals surface area contributed by atoms with Gasteiger partial charge in [0.2, 0.25) is 5.91 Å². The summed E-state index contributed by atoms with van der Waals surface area (Å²) in [7, 11) is -3.42. The molecule has 1 amide bonds. The molecule has 0 spiro atoms. The summed E-state index contributed by atoms with van der Waals surface area (Å²) < 4.78 is 26.5. The molecule has 1 aliphatic heterocycles. The number of amides is 1. The van der Waals surface area contributed by atoms with Gasteiger partial charge in [0, 0.05) is 23.8 Å². The Bertz CT molecular complexity index is 509.